The van der Waals surface area contributed by atoms with Crippen molar-refractivity contribution < 1.29 is 0 Å². The van der Waals surface area contributed by atoms with Crippen LogP contribution in [-0.4, -0.2) is 30.6 Å². The van der Waals surface area contributed by atoms with E-state index in [9.17, 15) is 0 Å². The number of hydrogen-bond acceptors (Lipinski definition) is 3. The van der Waals surface area contributed by atoms with E-state index < -0.39 is 0 Å². The van der Waals surface area contributed by atoms with Gasteiger partial charge in [-0.05, 0) is 44.0 Å². The monoisotopic (exact) mass is 244 g/mol. The van der Waals surface area contributed by atoms with Crippen LogP contribution in [0, 0.1) is 11.8 Å². The van der Waals surface area contributed by atoms with E-state index in [2.05, 4.69) is 37.2 Å². The molecular weight excluding hydrogens is 216 g/mol. The minimum absolute atomic E-state index is 0.524. The molecule has 1 aliphatic carbocycles. The second kappa shape index (κ2) is 6.87. The van der Waals surface area contributed by atoms with Crippen molar-refractivity contribution in [1.82, 2.24) is 5.32 Å². The van der Waals surface area contributed by atoms with Crippen molar-refractivity contribution in [3.05, 3.63) is 0 Å². The van der Waals surface area contributed by atoms with Crippen LogP contribution < -0.4 is 11.1 Å². The zero-order valence-electron chi connectivity index (χ0n) is 11.1. The molecule has 0 spiro atoms. The molecule has 0 aromatic heterocycles. The van der Waals surface area contributed by atoms with Gasteiger partial charge in [0.15, 0.2) is 0 Å². The smallest absolute Gasteiger partial charge is 0.0281 e. The zero-order valence-corrected chi connectivity index (χ0v) is 11.9. The molecule has 1 rings (SSSR count). The average molecular weight is 244 g/mol. The van der Waals surface area contributed by atoms with Crippen molar-refractivity contribution in [1.29, 1.82) is 0 Å². The molecule has 0 bridgehead atoms. The van der Waals surface area contributed by atoms with Crippen LogP contribution in [0.1, 0.15) is 39.5 Å². The van der Waals surface area contributed by atoms with E-state index in [-0.39, 0.29) is 0 Å². The molecule has 0 heterocycles. The number of hydrogen-bond donors (Lipinski definition) is 2. The lowest BCUT2D eigenvalue weighted by molar-refractivity contribution is 0.362. The first kappa shape index (κ1) is 14.3. The van der Waals surface area contributed by atoms with E-state index in [0.717, 1.165) is 19.6 Å². The fourth-order valence-electron chi connectivity index (χ4n) is 2.55. The first-order chi connectivity index (χ1) is 7.63. The highest BCUT2D eigenvalue weighted by Crippen LogP contribution is 2.39. The molecule has 1 aliphatic rings. The van der Waals surface area contributed by atoms with Crippen LogP contribution >= 0.6 is 11.8 Å². The van der Waals surface area contributed by atoms with Gasteiger partial charge < -0.3 is 11.1 Å². The summed E-state index contributed by atoms with van der Waals surface area (Å²) >= 11 is 2.05. The Morgan fingerprint density at radius 2 is 1.94 bits per heavy atom. The van der Waals surface area contributed by atoms with Crippen molar-refractivity contribution in [2.75, 3.05) is 25.9 Å². The molecule has 16 heavy (non-hydrogen) atoms. The first-order valence-corrected chi connectivity index (χ1v) is 7.82. The molecule has 0 saturated heterocycles. The van der Waals surface area contributed by atoms with E-state index in [1.807, 2.05) is 0 Å². The van der Waals surface area contributed by atoms with Crippen molar-refractivity contribution in [2.24, 2.45) is 17.6 Å². The number of rotatable bonds is 7. The summed E-state index contributed by atoms with van der Waals surface area (Å²) in [5, 5.41) is 3.65. The molecule has 1 fully saturated rings. The van der Waals surface area contributed by atoms with E-state index in [1.54, 1.807) is 0 Å². The number of nitrogens with two attached hydrogens (primary N) is 1. The normalized spacial score (nSPS) is 21.6. The van der Waals surface area contributed by atoms with Gasteiger partial charge in [0.05, 0.1) is 0 Å². The summed E-state index contributed by atoms with van der Waals surface area (Å²) in [6.45, 7) is 7.57. The van der Waals surface area contributed by atoms with Crippen LogP contribution in [0.5, 0.6) is 0 Å². The molecular formula is C13H28N2S. The molecule has 1 saturated carbocycles. The lowest BCUT2D eigenvalue weighted by Gasteiger charge is -2.29. The van der Waals surface area contributed by atoms with Crippen LogP contribution in [-0.2, 0) is 0 Å². The highest BCUT2D eigenvalue weighted by atomic mass is 32.2. The van der Waals surface area contributed by atoms with Crippen molar-refractivity contribution in [2.45, 2.75) is 44.3 Å². The maximum atomic E-state index is 5.79. The third kappa shape index (κ3) is 3.94. The molecule has 0 aromatic rings. The van der Waals surface area contributed by atoms with E-state index in [4.69, 9.17) is 5.73 Å². The van der Waals surface area contributed by atoms with Gasteiger partial charge in [0.1, 0.15) is 0 Å². The quantitative estimate of drug-likeness (QED) is 0.722. The molecule has 3 N–H and O–H groups in total. The lowest BCUT2D eigenvalue weighted by atomic mass is 9.95. The highest BCUT2D eigenvalue weighted by Gasteiger charge is 2.32. The van der Waals surface area contributed by atoms with Crippen LogP contribution in [0.25, 0.3) is 0 Å². The first-order valence-electron chi connectivity index (χ1n) is 6.59. The summed E-state index contributed by atoms with van der Waals surface area (Å²) < 4.78 is 0.524. The molecule has 3 heteroatoms. The zero-order chi connectivity index (χ0) is 12.0. The fourth-order valence-corrected chi connectivity index (χ4v) is 3.49. The standard InChI is InChI=1S/C13H28N2S/c1-11(2)12(8-14)9-15-10-13(16-3)6-4-5-7-13/h11-12,15H,4-10,14H2,1-3H3. The molecule has 2 nitrogen and oxygen atoms in total. The Labute approximate surface area is 105 Å². The molecule has 0 radical (unpaired) electrons. The maximum Gasteiger partial charge on any atom is 0.0281 e. The van der Waals surface area contributed by atoms with Gasteiger partial charge in [-0.15, -0.1) is 0 Å². The van der Waals surface area contributed by atoms with Gasteiger partial charge >= 0.3 is 0 Å². The number of thioether (sulfide) groups is 1. The third-order valence-corrected chi connectivity index (χ3v) is 5.47. The summed E-state index contributed by atoms with van der Waals surface area (Å²) in [6, 6.07) is 0. The predicted molar refractivity (Wildman–Crippen MR) is 75.0 cm³/mol. The summed E-state index contributed by atoms with van der Waals surface area (Å²) in [5.41, 5.74) is 5.79. The topological polar surface area (TPSA) is 38.0 Å². The lowest BCUT2D eigenvalue weighted by Crippen LogP contribution is -2.40. The molecule has 0 aromatic carbocycles. The molecule has 96 valence electrons. The van der Waals surface area contributed by atoms with Gasteiger partial charge in [-0.25, -0.2) is 0 Å². The molecule has 1 unspecified atom stereocenters. The van der Waals surface area contributed by atoms with Gasteiger partial charge in [-0.3, -0.25) is 0 Å². The minimum Gasteiger partial charge on any atom is -0.330 e. The summed E-state index contributed by atoms with van der Waals surface area (Å²) in [7, 11) is 0. The van der Waals surface area contributed by atoms with Crippen LogP contribution in [0.4, 0.5) is 0 Å². The van der Waals surface area contributed by atoms with Gasteiger partial charge in [-0.2, -0.15) is 11.8 Å². The maximum absolute atomic E-state index is 5.79. The number of nitrogens with one attached hydrogen (secondary N) is 1. The third-order valence-electron chi connectivity index (χ3n) is 4.05. The van der Waals surface area contributed by atoms with Crippen molar-refractivity contribution in [3.63, 3.8) is 0 Å². The summed E-state index contributed by atoms with van der Waals surface area (Å²) in [4.78, 5) is 0. The Balaban J connectivity index is 2.27. The Kier molecular flexibility index (Phi) is 6.16. The van der Waals surface area contributed by atoms with Gasteiger partial charge in [0, 0.05) is 11.3 Å². The van der Waals surface area contributed by atoms with Gasteiger partial charge in [-0.1, -0.05) is 26.7 Å². The van der Waals surface area contributed by atoms with Crippen molar-refractivity contribution >= 4 is 11.8 Å². The van der Waals surface area contributed by atoms with Gasteiger partial charge in [0.25, 0.3) is 0 Å². The average Bonchev–Trinajstić information content (AvgIpc) is 2.73. The van der Waals surface area contributed by atoms with Crippen molar-refractivity contribution in [3.8, 4) is 0 Å². The Hall–Kier alpha value is 0.270. The second-order valence-corrected chi connectivity index (χ2v) is 6.74. The Bertz CT molecular complexity index is 188. The fraction of sp³-hybridized carbons (Fsp3) is 1.00. The predicted octanol–water partition coefficient (Wildman–Crippen LogP) is 2.48. The Morgan fingerprint density at radius 1 is 1.31 bits per heavy atom. The van der Waals surface area contributed by atoms with Crippen LogP contribution in [0.15, 0.2) is 0 Å². The summed E-state index contributed by atoms with van der Waals surface area (Å²) in [6.07, 6.45) is 7.85. The molecule has 1 atom stereocenters. The Morgan fingerprint density at radius 3 is 2.38 bits per heavy atom. The van der Waals surface area contributed by atoms with E-state index in [1.165, 1.54) is 25.7 Å². The SMILES string of the molecule is CSC1(CNCC(CN)C(C)C)CCCC1. The highest BCUT2D eigenvalue weighted by molar-refractivity contribution is 8.00. The van der Waals surface area contributed by atoms with Crippen LogP contribution in [0.3, 0.4) is 0 Å². The minimum atomic E-state index is 0.524. The molecule has 0 amide bonds. The van der Waals surface area contributed by atoms with Gasteiger partial charge in [0.2, 0.25) is 0 Å². The van der Waals surface area contributed by atoms with Crippen LogP contribution in [0.2, 0.25) is 0 Å². The second-order valence-electron chi connectivity index (χ2n) is 5.46. The largest absolute Gasteiger partial charge is 0.330 e. The van der Waals surface area contributed by atoms with E-state index >= 15 is 0 Å². The summed E-state index contributed by atoms with van der Waals surface area (Å²) in [5.74, 6) is 1.31. The van der Waals surface area contributed by atoms with E-state index in [0.29, 0.717) is 16.6 Å². The molecule has 0 aliphatic heterocycles.